The zero-order valence-corrected chi connectivity index (χ0v) is 10.1. The summed E-state index contributed by atoms with van der Waals surface area (Å²) in [5.74, 6) is 0.846. The van der Waals surface area contributed by atoms with Crippen molar-refractivity contribution in [1.29, 1.82) is 0 Å². The van der Waals surface area contributed by atoms with Gasteiger partial charge in [-0.2, -0.15) is 0 Å². The molecule has 0 aromatic heterocycles. The Morgan fingerprint density at radius 3 is 2.75 bits per heavy atom. The van der Waals surface area contributed by atoms with Gasteiger partial charge in [0.25, 0.3) is 0 Å². The van der Waals surface area contributed by atoms with Crippen molar-refractivity contribution >= 4 is 0 Å². The van der Waals surface area contributed by atoms with Gasteiger partial charge in [-0.1, -0.05) is 12.1 Å². The molecule has 0 saturated carbocycles. The lowest BCUT2D eigenvalue weighted by Crippen LogP contribution is -2.19. The van der Waals surface area contributed by atoms with Crippen LogP contribution in [0.1, 0.15) is 25.8 Å². The molecule has 0 aliphatic rings. The van der Waals surface area contributed by atoms with Crippen LogP contribution in [0, 0.1) is 0 Å². The summed E-state index contributed by atoms with van der Waals surface area (Å²) in [5, 5.41) is 9.64. The average Bonchev–Trinajstić information content (AvgIpc) is 2.23. The minimum atomic E-state index is -0.617. The van der Waals surface area contributed by atoms with Crippen molar-refractivity contribution in [3.8, 4) is 5.75 Å². The van der Waals surface area contributed by atoms with Gasteiger partial charge < -0.3 is 15.6 Å². The van der Waals surface area contributed by atoms with E-state index in [0.29, 0.717) is 13.2 Å². The first-order valence-corrected chi connectivity index (χ1v) is 5.65. The largest absolute Gasteiger partial charge is 0.492 e. The molecule has 0 heterocycles. The van der Waals surface area contributed by atoms with Crippen LogP contribution in [0.25, 0.3) is 0 Å². The fourth-order valence-electron chi connectivity index (χ4n) is 1.42. The summed E-state index contributed by atoms with van der Waals surface area (Å²) in [6.07, 6.45) is 1.59. The summed E-state index contributed by atoms with van der Waals surface area (Å²) in [6, 6.07) is 7.93. The second-order valence-electron chi connectivity index (χ2n) is 4.60. The molecule has 1 rings (SSSR count). The van der Waals surface area contributed by atoms with Crippen molar-refractivity contribution in [2.75, 3.05) is 13.2 Å². The van der Waals surface area contributed by atoms with Crippen molar-refractivity contribution < 1.29 is 9.84 Å². The second kappa shape index (κ2) is 5.87. The van der Waals surface area contributed by atoms with Gasteiger partial charge >= 0.3 is 0 Å². The first-order chi connectivity index (χ1) is 7.51. The van der Waals surface area contributed by atoms with Crippen LogP contribution in [-0.2, 0) is 6.42 Å². The van der Waals surface area contributed by atoms with Gasteiger partial charge in [-0.05, 0) is 44.4 Å². The normalized spacial score (nSPS) is 11.5. The summed E-state index contributed by atoms with van der Waals surface area (Å²) in [6.45, 7) is 4.70. The van der Waals surface area contributed by atoms with Gasteiger partial charge in [-0.3, -0.25) is 0 Å². The first-order valence-electron chi connectivity index (χ1n) is 5.65. The fraction of sp³-hybridized carbons (Fsp3) is 0.538. The molecule has 0 fully saturated rings. The first kappa shape index (κ1) is 13.0. The van der Waals surface area contributed by atoms with Crippen LogP contribution >= 0.6 is 0 Å². The maximum absolute atomic E-state index is 9.64. The Kier molecular flexibility index (Phi) is 4.77. The third-order valence-electron chi connectivity index (χ3n) is 2.31. The Bertz CT molecular complexity index is 318. The van der Waals surface area contributed by atoms with Crippen molar-refractivity contribution in [3.05, 3.63) is 29.8 Å². The zero-order valence-electron chi connectivity index (χ0n) is 10.1. The van der Waals surface area contributed by atoms with Crippen LogP contribution in [0.5, 0.6) is 5.75 Å². The zero-order chi connectivity index (χ0) is 12.0. The summed E-state index contributed by atoms with van der Waals surface area (Å²) >= 11 is 0. The van der Waals surface area contributed by atoms with E-state index in [1.165, 1.54) is 5.56 Å². The molecule has 0 spiro atoms. The minimum absolute atomic E-state index is 0.522. The van der Waals surface area contributed by atoms with Crippen molar-refractivity contribution in [2.45, 2.75) is 32.3 Å². The molecule has 0 aliphatic heterocycles. The molecule has 1 aromatic rings. The third-order valence-corrected chi connectivity index (χ3v) is 2.31. The predicted molar refractivity (Wildman–Crippen MR) is 65.6 cm³/mol. The van der Waals surface area contributed by atoms with Gasteiger partial charge in [0.2, 0.25) is 0 Å². The lowest BCUT2D eigenvalue weighted by molar-refractivity contribution is 0.0714. The maximum Gasteiger partial charge on any atom is 0.119 e. The highest BCUT2D eigenvalue weighted by Crippen LogP contribution is 2.17. The van der Waals surface area contributed by atoms with Gasteiger partial charge in [0.05, 0.1) is 5.60 Å². The number of nitrogens with two attached hydrogens (primary N) is 1. The number of hydrogen-bond donors (Lipinski definition) is 2. The Hall–Kier alpha value is -1.06. The Balaban J connectivity index is 2.53. The van der Waals surface area contributed by atoms with E-state index in [0.717, 1.165) is 18.6 Å². The van der Waals surface area contributed by atoms with Crippen molar-refractivity contribution in [3.63, 3.8) is 0 Å². The van der Waals surface area contributed by atoms with Crippen LogP contribution in [0.4, 0.5) is 0 Å². The maximum atomic E-state index is 9.64. The lowest BCUT2D eigenvalue weighted by Gasteiger charge is -2.16. The second-order valence-corrected chi connectivity index (χ2v) is 4.60. The van der Waals surface area contributed by atoms with E-state index >= 15 is 0 Å². The van der Waals surface area contributed by atoms with Crippen molar-refractivity contribution in [1.82, 2.24) is 0 Å². The van der Waals surface area contributed by atoms with E-state index in [1.807, 2.05) is 38.1 Å². The minimum Gasteiger partial charge on any atom is -0.492 e. The summed E-state index contributed by atoms with van der Waals surface area (Å²) in [5.41, 5.74) is 5.93. The number of ether oxygens (including phenoxy) is 1. The smallest absolute Gasteiger partial charge is 0.119 e. The molecular weight excluding hydrogens is 202 g/mol. The molecule has 90 valence electrons. The monoisotopic (exact) mass is 223 g/mol. The number of hydrogen-bond acceptors (Lipinski definition) is 3. The SMILES string of the molecule is CC(C)(O)CCc1cccc(OCCN)c1. The van der Waals surface area contributed by atoms with Gasteiger partial charge in [-0.25, -0.2) is 0 Å². The molecular formula is C13H21NO2. The summed E-state index contributed by atoms with van der Waals surface area (Å²) in [4.78, 5) is 0. The number of aryl methyl sites for hydroxylation is 1. The van der Waals surface area contributed by atoms with Gasteiger partial charge in [0.1, 0.15) is 12.4 Å². The molecule has 0 atom stereocenters. The molecule has 3 N–H and O–H groups in total. The van der Waals surface area contributed by atoms with E-state index in [2.05, 4.69) is 0 Å². The van der Waals surface area contributed by atoms with Crippen molar-refractivity contribution in [2.24, 2.45) is 5.73 Å². The third kappa shape index (κ3) is 5.14. The summed E-state index contributed by atoms with van der Waals surface area (Å²) < 4.78 is 5.44. The average molecular weight is 223 g/mol. The predicted octanol–water partition coefficient (Wildman–Crippen LogP) is 1.73. The molecule has 0 bridgehead atoms. The van der Waals surface area contributed by atoms with Crippen LogP contribution in [0.2, 0.25) is 0 Å². The van der Waals surface area contributed by atoms with Crippen LogP contribution < -0.4 is 10.5 Å². The highest BCUT2D eigenvalue weighted by atomic mass is 16.5. The van der Waals surface area contributed by atoms with Gasteiger partial charge in [0.15, 0.2) is 0 Å². The van der Waals surface area contributed by atoms with E-state index in [9.17, 15) is 5.11 Å². The number of benzene rings is 1. The Morgan fingerprint density at radius 1 is 1.38 bits per heavy atom. The van der Waals surface area contributed by atoms with E-state index in [1.54, 1.807) is 0 Å². The lowest BCUT2D eigenvalue weighted by atomic mass is 9.99. The quantitative estimate of drug-likeness (QED) is 0.772. The van der Waals surface area contributed by atoms with E-state index in [4.69, 9.17) is 10.5 Å². The topological polar surface area (TPSA) is 55.5 Å². The molecule has 3 heteroatoms. The fourth-order valence-corrected chi connectivity index (χ4v) is 1.42. The van der Waals surface area contributed by atoms with Gasteiger partial charge in [0, 0.05) is 6.54 Å². The molecule has 0 amide bonds. The molecule has 0 unspecified atom stereocenters. The highest BCUT2D eigenvalue weighted by molar-refractivity contribution is 5.28. The van der Waals surface area contributed by atoms with Crippen LogP contribution in [0.15, 0.2) is 24.3 Å². The molecule has 0 aliphatic carbocycles. The molecule has 0 saturated heterocycles. The molecule has 3 nitrogen and oxygen atoms in total. The van der Waals surface area contributed by atoms with Crippen LogP contribution in [-0.4, -0.2) is 23.9 Å². The number of rotatable bonds is 6. The molecule has 0 radical (unpaired) electrons. The number of aliphatic hydroxyl groups is 1. The Labute approximate surface area is 97.2 Å². The highest BCUT2D eigenvalue weighted by Gasteiger charge is 2.12. The van der Waals surface area contributed by atoms with Gasteiger partial charge in [-0.15, -0.1) is 0 Å². The summed E-state index contributed by atoms with van der Waals surface area (Å²) in [7, 11) is 0. The Morgan fingerprint density at radius 2 is 2.12 bits per heavy atom. The molecule has 16 heavy (non-hydrogen) atoms. The van der Waals surface area contributed by atoms with Crippen LogP contribution in [0.3, 0.4) is 0 Å². The van der Waals surface area contributed by atoms with E-state index in [-0.39, 0.29) is 0 Å². The standard InChI is InChI=1S/C13H21NO2/c1-13(2,15)7-6-11-4-3-5-12(10-11)16-9-8-14/h3-5,10,15H,6-9,14H2,1-2H3. The molecule has 1 aromatic carbocycles. The van der Waals surface area contributed by atoms with E-state index < -0.39 is 5.60 Å².